The quantitative estimate of drug-likeness (QED) is 0.846. The molecule has 1 aromatic rings. The molecule has 3 rings (SSSR count). The van der Waals surface area contributed by atoms with Crippen LogP contribution in [0.2, 0.25) is 0 Å². The predicted molar refractivity (Wildman–Crippen MR) is 87.7 cm³/mol. The Bertz CT molecular complexity index is 482. The Kier molecular flexibility index (Phi) is 4.61. The van der Waals surface area contributed by atoms with E-state index in [2.05, 4.69) is 41.0 Å². The van der Waals surface area contributed by atoms with Crippen molar-refractivity contribution < 1.29 is 4.74 Å². The van der Waals surface area contributed by atoms with Gasteiger partial charge in [-0.3, -0.25) is 9.80 Å². The lowest BCUT2D eigenvalue weighted by atomic mass is 10.1. The first-order valence-corrected chi connectivity index (χ1v) is 8.05. The highest BCUT2D eigenvalue weighted by atomic mass is 16.5. The Morgan fingerprint density at radius 1 is 1.24 bits per heavy atom. The Morgan fingerprint density at radius 3 is 2.81 bits per heavy atom. The van der Waals surface area contributed by atoms with Crippen molar-refractivity contribution in [2.75, 3.05) is 33.3 Å². The molecule has 2 saturated heterocycles. The van der Waals surface area contributed by atoms with E-state index in [9.17, 15) is 0 Å². The van der Waals surface area contributed by atoms with Crippen LogP contribution in [0.5, 0.6) is 5.75 Å². The average Bonchev–Trinajstić information content (AvgIpc) is 2.95. The fourth-order valence-electron chi connectivity index (χ4n) is 3.54. The normalized spacial score (nSPS) is 27.1. The van der Waals surface area contributed by atoms with Crippen LogP contribution >= 0.6 is 0 Å². The average molecular weight is 286 g/mol. The van der Waals surface area contributed by atoms with E-state index in [-0.39, 0.29) is 0 Å². The number of methoxy groups -OCH3 is 1. The van der Waals surface area contributed by atoms with E-state index >= 15 is 0 Å². The number of nitrogens with zero attached hydrogens (tertiary/aromatic N) is 2. The van der Waals surface area contributed by atoms with Gasteiger partial charge < -0.3 is 4.74 Å². The van der Waals surface area contributed by atoms with Crippen molar-refractivity contribution in [1.82, 2.24) is 9.80 Å². The molecular weight excluding hydrogens is 260 g/mol. The molecule has 0 unspecified atom stereocenters. The molecule has 21 heavy (non-hydrogen) atoms. The highest BCUT2D eigenvalue weighted by Crippen LogP contribution is 2.24. The third-order valence-electron chi connectivity index (χ3n) is 4.83. The first kappa shape index (κ1) is 14.6. The minimum absolute atomic E-state index is 0.667. The minimum atomic E-state index is 0.667. The van der Waals surface area contributed by atoms with Crippen LogP contribution in [-0.2, 0) is 0 Å². The molecule has 3 heteroatoms. The van der Waals surface area contributed by atoms with Crippen LogP contribution in [0.4, 0.5) is 0 Å². The fraction of sp³-hybridized carbons (Fsp3) is 0.556. The maximum absolute atomic E-state index is 5.19. The second-order valence-electron chi connectivity index (χ2n) is 6.27. The number of piperazine rings is 1. The Labute approximate surface area is 128 Å². The van der Waals surface area contributed by atoms with Gasteiger partial charge in [0, 0.05) is 31.7 Å². The van der Waals surface area contributed by atoms with Gasteiger partial charge in [0.05, 0.1) is 7.11 Å². The van der Waals surface area contributed by atoms with Gasteiger partial charge in [0.2, 0.25) is 0 Å². The highest BCUT2D eigenvalue weighted by Gasteiger charge is 2.33. The zero-order valence-corrected chi connectivity index (χ0v) is 13.2. The van der Waals surface area contributed by atoms with E-state index in [0.29, 0.717) is 6.04 Å². The van der Waals surface area contributed by atoms with Crippen LogP contribution in [0.15, 0.2) is 30.3 Å². The van der Waals surface area contributed by atoms with Crippen molar-refractivity contribution in [3.8, 4) is 5.75 Å². The first-order chi connectivity index (χ1) is 10.3. The summed E-state index contributed by atoms with van der Waals surface area (Å²) in [4.78, 5) is 5.29. The summed E-state index contributed by atoms with van der Waals surface area (Å²) in [6.45, 7) is 7.19. The van der Waals surface area contributed by atoms with Crippen molar-refractivity contribution in [3.63, 3.8) is 0 Å². The van der Waals surface area contributed by atoms with Crippen LogP contribution in [0.1, 0.15) is 25.3 Å². The van der Waals surface area contributed by atoms with Crippen LogP contribution in [0.3, 0.4) is 0 Å². The van der Waals surface area contributed by atoms with Gasteiger partial charge >= 0.3 is 0 Å². The van der Waals surface area contributed by atoms with Gasteiger partial charge in [-0.15, -0.1) is 0 Å². The molecule has 2 aliphatic heterocycles. The van der Waals surface area contributed by atoms with Crippen LogP contribution in [0.25, 0.3) is 6.08 Å². The van der Waals surface area contributed by atoms with Crippen molar-refractivity contribution in [2.24, 2.45) is 0 Å². The van der Waals surface area contributed by atoms with E-state index in [1.54, 1.807) is 7.11 Å². The summed E-state index contributed by atoms with van der Waals surface area (Å²) in [5.74, 6) is 0.915. The van der Waals surface area contributed by atoms with E-state index < -0.39 is 0 Å². The Morgan fingerprint density at radius 2 is 2.05 bits per heavy atom. The molecule has 2 aliphatic rings. The van der Waals surface area contributed by atoms with Gasteiger partial charge in [-0.1, -0.05) is 24.3 Å². The lowest BCUT2D eigenvalue weighted by Gasteiger charge is -2.41. The summed E-state index contributed by atoms with van der Waals surface area (Å²) in [6.07, 6.45) is 7.27. The summed E-state index contributed by atoms with van der Waals surface area (Å²) in [5, 5.41) is 0. The molecule has 0 N–H and O–H groups in total. The molecule has 2 atom stereocenters. The van der Waals surface area contributed by atoms with Crippen LogP contribution in [-0.4, -0.2) is 55.2 Å². The third-order valence-corrected chi connectivity index (χ3v) is 4.83. The highest BCUT2D eigenvalue weighted by molar-refractivity contribution is 5.50. The van der Waals surface area contributed by atoms with E-state index in [1.807, 2.05) is 12.1 Å². The van der Waals surface area contributed by atoms with Gasteiger partial charge in [-0.25, -0.2) is 0 Å². The topological polar surface area (TPSA) is 15.7 Å². The summed E-state index contributed by atoms with van der Waals surface area (Å²) < 4.78 is 5.19. The van der Waals surface area contributed by atoms with Crippen LogP contribution in [0, 0.1) is 0 Å². The SMILES string of the molecule is COc1ccc(/C=C/CN2C[C@H]3CCCN3C[C@@H]2C)cc1. The van der Waals surface area contributed by atoms with Gasteiger partial charge in [0.15, 0.2) is 0 Å². The summed E-state index contributed by atoms with van der Waals surface area (Å²) in [6, 6.07) is 9.70. The zero-order chi connectivity index (χ0) is 14.7. The number of benzene rings is 1. The largest absolute Gasteiger partial charge is 0.497 e. The summed E-state index contributed by atoms with van der Waals surface area (Å²) in [7, 11) is 1.70. The zero-order valence-electron chi connectivity index (χ0n) is 13.2. The molecule has 0 radical (unpaired) electrons. The number of fused-ring (bicyclic) bond motifs is 1. The minimum Gasteiger partial charge on any atom is -0.497 e. The maximum Gasteiger partial charge on any atom is 0.118 e. The molecule has 1 aromatic carbocycles. The van der Waals surface area contributed by atoms with Crippen molar-refractivity contribution in [1.29, 1.82) is 0 Å². The van der Waals surface area contributed by atoms with Gasteiger partial charge in [0.25, 0.3) is 0 Å². The number of rotatable bonds is 4. The monoisotopic (exact) mass is 286 g/mol. The molecule has 2 fully saturated rings. The third kappa shape index (κ3) is 3.47. The Hall–Kier alpha value is -1.32. The molecule has 114 valence electrons. The molecule has 3 nitrogen and oxygen atoms in total. The lowest BCUT2D eigenvalue weighted by Crippen LogP contribution is -2.54. The predicted octanol–water partition coefficient (Wildman–Crippen LogP) is 2.88. The van der Waals surface area contributed by atoms with Gasteiger partial charge in [-0.2, -0.15) is 0 Å². The number of hydrogen-bond acceptors (Lipinski definition) is 3. The summed E-state index contributed by atoms with van der Waals surface area (Å²) in [5.41, 5.74) is 1.24. The molecule has 0 amide bonds. The van der Waals surface area contributed by atoms with E-state index in [1.165, 1.54) is 38.0 Å². The second-order valence-corrected chi connectivity index (χ2v) is 6.27. The molecule has 0 saturated carbocycles. The molecule has 0 aromatic heterocycles. The van der Waals surface area contributed by atoms with E-state index in [0.717, 1.165) is 18.3 Å². The van der Waals surface area contributed by atoms with Gasteiger partial charge in [0.1, 0.15) is 5.75 Å². The Balaban J connectivity index is 1.54. The number of ether oxygens (including phenoxy) is 1. The maximum atomic E-state index is 5.19. The summed E-state index contributed by atoms with van der Waals surface area (Å²) >= 11 is 0. The van der Waals surface area contributed by atoms with Crippen molar-refractivity contribution in [2.45, 2.75) is 31.8 Å². The van der Waals surface area contributed by atoms with Crippen LogP contribution < -0.4 is 4.74 Å². The standard InChI is InChI=1S/C18H26N2O/c1-15-13-20-12-4-6-17(20)14-19(15)11-3-5-16-7-9-18(21-2)10-8-16/h3,5,7-10,15,17H,4,6,11-14H2,1-2H3/b5-3+/t15-,17+/m0/s1. The van der Waals surface area contributed by atoms with E-state index in [4.69, 9.17) is 4.74 Å². The molecule has 0 aliphatic carbocycles. The molecule has 2 heterocycles. The number of hydrogen-bond donors (Lipinski definition) is 0. The second kappa shape index (κ2) is 6.63. The molecule has 0 spiro atoms. The molecule has 0 bridgehead atoms. The lowest BCUT2D eigenvalue weighted by molar-refractivity contribution is 0.0686. The first-order valence-electron chi connectivity index (χ1n) is 8.05. The molecular formula is C18H26N2O. The fourth-order valence-corrected chi connectivity index (χ4v) is 3.54. The van der Waals surface area contributed by atoms with Crippen molar-refractivity contribution in [3.05, 3.63) is 35.9 Å². The van der Waals surface area contributed by atoms with Crippen molar-refractivity contribution >= 4 is 6.08 Å². The smallest absolute Gasteiger partial charge is 0.118 e. The van der Waals surface area contributed by atoms with Gasteiger partial charge in [-0.05, 0) is 44.0 Å².